The number of carbonyl (C=O) groups excluding carboxylic acids is 2. The Kier molecular flexibility index (Phi) is 5.09. The Morgan fingerprint density at radius 2 is 2.12 bits per heavy atom. The van der Waals surface area contributed by atoms with Crippen LogP contribution in [0.5, 0.6) is 5.75 Å². The molecular formula is C17H19BrClFN2O4. The minimum absolute atomic E-state index is 0.0565. The van der Waals surface area contributed by atoms with Crippen molar-refractivity contribution in [1.29, 1.82) is 0 Å². The molecule has 142 valence electrons. The molecule has 1 saturated heterocycles. The van der Waals surface area contributed by atoms with E-state index in [-0.39, 0.29) is 39.9 Å². The lowest BCUT2D eigenvalue weighted by Crippen LogP contribution is -2.58. The van der Waals surface area contributed by atoms with Crippen LogP contribution in [0.2, 0.25) is 5.02 Å². The number of ether oxygens (including phenoxy) is 2. The number of fused-ring (bicyclic) bond motifs is 2. The van der Waals surface area contributed by atoms with Crippen molar-refractivity contribution in [2.24, 2.45) is 0 Å². The summed E-state index contributed by atoms with van der Waals surface area (Å²) in [5, 5.41) is 0.101. The summed E-state index contributed by atoms with van der Waals surface area (Å²) in [4.78, 5) is 28.3. The molecule has 0 aliphatic carbocycles. The number of rotatable bonds is 0. The number of carbonyl (C=O) groups is 2. The van der Waals surface area contributed by atoms with Gasteiger partial charge in [-0.05, 0) is 42.8 Å². The first kappa shape index (κ1) is 19.2. The van der Waals surface area contributed by atoms with Crippen LogP contribution in [0.1, 0.15) is 31.1 Å². The number of amides is 2. The molecular weight excluding hydrogens is 431 g/mol. The van der Waals surface area contributed by atoms with E-state index in [1.807, 2.05) is 0 Å². The summed E-state index contributed by atoms with van der Waals surface area (Å²) in [7, 11) is 0. The molecule has 1 atom stereocenters. The molecule has 2 amide bonds. The third-order valence-electron chi connectivity index (χ3n) is 4.16. The predicted molar refractivity (Wildman–Crippen MR) is 97.2 cm³/mol. The number of nitrogens with zero attached hydrogens (tertiary/aromatic N) is 2. The third-order valence-corrected chi connectivity index (χ3v) is 5.46. The maximum atomic E-state index is 14.5. The molecule has 0 N–H and O–H groups in total. The van der Waals surface area contributed by atoms with Crippen molar-refractivity contribution in [2.45, 2.75) is 32.4 Å². The highest BCUT2D eigenvalue weighted by atomic mass is 79.9. The molecule has 9 heteroatoms. The first-order valence-electron chi connectivity index (χ1n) is 8.17. The van der Waals surface area contributed by atoms with E-state index >= 15 is 0 Å². The van der Waals surface area contributed by atoms with Crippen molar-refractivity contribution in [1.82, 2.24) is 9.80 Å². The molecule has 2 aliphatic heterocycles. The van der Waals surface area contributed by atoms with Crippen LogP contribution < -0.4 is 4.74 Å². The topological polar surface area (TPSA) is 59.1 Å². The van der Waals surface area contributed by atoms with Crippen LogP contribution in [-0.2, 0) is 4.74 Å². The Bertz CT molecular complexity index is 768. The van der Waals surface area contributed by atoms with Gasteiger partial charge in [-0.15, -0.1) is 0 Å². The van der Waals surface area contributed by atoms with Crippen molar-refractivity contribution in [3.8, 4) is 5.75 Å². The summed E-state index contributed by atoms with van der Waals surface area (Å²) < 4.78 is 25.5. The molecule has 2 heterocycles. The Morgan fingerprint density at radius 1 is 1.42 bits per heavy atom. The Balaban J connectivity index is 1.83. The maximum absolute atomic E-state index is 14.5. The quantitative estimate of drug-likeness (QED) is 0.567. The summed E-state index contributed by atoms with van der Waals surface area (Å²) in [6.45, 7) is 6.34. The van der Waals surface area contributed by atoms with Crippen molar-refractivity contribution in [2.75, 3.05) is 26.2 Å². The van der Waals surface area contributed by atoms with Crippen LogP contribution in [0.3, 0.4) is 0 Å². The number of benzene rings is 1. The molecule has 6 nitrogen and oxygen atoms in total. The van der Waals surface area contributed by atoms with Crippen LogP contribution in [0, 0.1) is 5.82 Å². The molecule has 0 radical (unpaired) electrons. The van der Waals surface area contributed by atoms with Gasteiger partial charge in [0.25, 0.3) is 5.91 Å². The molecule has 0 unspecified atom stereocenters. The summed E-state index contributed by atoms with van der Waals surface area (Å²) in [6, 6.07) is 1.00. The average molecular weight is 450 g/mol. The molecule has 1 aromatic rings. The van der Waals surface area contributed by atoms with Crippen LogP contribution >= 0.6 is 27.5 Å². The van der Waals surface area contributed by atoms with Gasteiger partial charge in [0, 0.05) is 19.6 Å². The molecule has 0 spiro atoms. The van der Waals surface area contributed by atoms with Crippen molar-refractivity contribution in [3.05, 3.63) is 26.9 Å². The van der Waals surface area contributed by atoms with Crippen LogP contribution in [0.25, 0.3) is 0 Å². The molecule has 2 aliphatic rings. The Labute approximate surface area is 164 Å². The molecule has 0 saturated carbocycles. The van der Waals surface area contributed by atoms with Crippen LogP contribution in [0.15, 0.2) is 10.5 Å². The van der Waals surface area contributed by atoms with Crippen molar-refractivity contribution >= 4 is 39.5 Å². The summed E-state index contributed by atoms with van der Waals surface area (Å²) in [5.74, 6) is -1.19. The van der Waals surface area contributed by atoms with Gasteiger partial charge in [-0.3, -0.25) is 4.79 Å². The molecule has 0 aromatic heterocycles. The van der Waals surface area contributed by atoms with E-state index in [4.69, 9.17) is 21.1 Å². The molecule has 26 heavy (non-hydrogen) atoms. The number of halogens is 3. The van der Waals surface area contributed by atoms with E-state index in [9.17, 15) is 14.0 Å². The van der Waals surface area contributed by atoms with E-state index in [1.54, 1.807) is 25.7 Å². The summed E-state index contributed by atoms with van der Waals surface area (Å²) in [6.07, 6.45) is -0.441. The lowest BCUT2D eigenvalue weighted by Gasteiger charge is -2.40. The van der Waals surface area contributed by atoms with Gasteiger partial charge in [0.1, 0.15) is 12.2 Å². The van der Waals surface area contributed by atoms with Crippen LogP contribution in [0.4, 0.5) is 9.18 Å². The van der Waals surface area contributed by atoms with E-state index in [0.29, 0.717) is 13.1 Å². The molecule has 0 bridgehead atoms. The summed E-state index contributed by atoms with van der Waals surface area (Å²) >= 11 is 9.04. The van der Waals surface area contributed by atoms with Gasteiger partial charge in [0.15, 0.2) is 11.6 Å². The van der Waals surface area contributed by atoms with Crippen LogP contribution in [-0.4, -0.2) is 59.7 Å². The Hall–Kier alpha value is -1.54. The zero-order chi connectivity index (χ0) is 19.2. The van der Waals surface area contributed by atoms with Gasteiger partial charge in [0.2, 0.25) is 0 Å². The number of piperazine rings is 1. The number of hydrogen-bond acceptors (Lipinski definition) is 4. The van der Waals surface area contributed by atoms with E-state index in [1.165, 1.54) is 11.0 Å². The van der Waals surface area contributed by atoms with Crippen molar-refractivity contribution < 1.29 is 23.5 Å². The second-order valence-corrected chi connectivity index (χ2v) is 8.45. The highest BCUT2D eigenvalue weighted by Gasteiger charge is 2.39. The zero-order valence-corrected chi connectivity index (χ0v) is 17.0. The SMILES string of the molecule is CC(C)(C)OC(=O)N1CCN2C(=O)c3cc(Cl)c(Br)c(F)c3OC[C@H]2C1. The third kappa shape index (κ3) is 3.62. The minimum atomic E-state index is -0.704. The van der Waals surface area contributed by atoms with Crippen molar-refractivity contribution in [3.63, 3.8) is 0 Å². The normalized spacial score (nSPS) is 20.1. The first-order chi connectivity index (χ1) is 12.1. The monoisotopic (exact) mass is 448 g/mol. The first-order valence-corrected chi connectivity index (χ1v) is 9.35. The van der Waals surface area contributed by atoms with Gasteiger partial charge < -0.3 is 19.3 Å². The standard InChI is InChI=1S/C17H19BrClFN2O4/c1-17(2,3)26-16(24)21-4-5-22-9(7-21)8-25-14-10(15(22)23)6-11(19)12(18)13(14)20/h6,9H,4-5,7-8H2,1-3H3/t9-/m1/s1. The second kappa shape index (κ2) is 6.88. The fraction of sp³-hybridized carbons (Fsp3) is 0.529. The fourth-order valence-electron chi connectivity index (χ4n) is 2.97. The largest absolute Gasteiger partial charge is 0.487 e. The van der Waals surface area contributed by atoms with E-state index in [0.717, 1.165) is 0 Å². The van der Waals surface area contributed by atoms with Gasteiger partial charge in [-0.25, -0.2) is 9.18 Å². The zero-order valence-electron chi connectivity index (χ0n) is 14.6. The highest BCUT2D eigenvalue weighted by Crippen LogP contribution is 2.38. The predicted octanol–water partition coefficient (Wildman–Crippen LogP) is 3.70. The minimum Gasteiger partial charge on any atom is -0.487 e. The highest BCUT2D eigenvalue weighted by molar-refractivity contribution is 9.10. The Morgan fingerprint density at radius 3 is 2.77 bits per heavy atom. The average Bonchev–Trinajstić information content (AvgIpc) is 2.69. The van der Waals surface area contributed by atoms with E-state index in [2.05, 4.69) is 15.9 Å². The maximum Gasteiger partial charge on any atom is 0.410 e. The fourth-order valence-corrected chi connectivity index (χ4v) is 3.46. The lowest BCUT2D eigenvalue weighted by molar-refractivity contribution is 0.000861. The van der Waals surface area contributed by atoms with Gasteiger partial charge in [0.05, 0.1) is 21.1 Å². The van der Waals surface area contributed by atoms with Gasteiger partial charge in [-0.1, -0.05) is 11.6 Å². The smallest absolute Gasteiger partial charge is 0.410 e. The lowest BCUT2D eigenvalue weighted by atomic mass is 10.1. The second-order valence-electron chi connectivity index (χ2n) is 7.25. The molecule has 1 fully saturated rings. The molecule has 3 rings (SSSR count). The number of hydrogen-bond donors (Lipinski definition) is 0. The van der Waals surface area contributed by atoms with Gasteiger partial charge in [-0.2, -0.15) is 0 Å². The van der Waals surface area contributed by atoms with E-state index < -0.39 is 23.6 Å². The van der Waals surface area contributed by atoms with Gasteiger partial charge >= 0.3 is 6.09 Å². The molecule has 1 aromatic carbocycles. The summed E-state index contributed by atoms with van der Waals surface area (Å²) in [5.41, 5.74) is -0.518.